The molecule has 0 atom stereocenters. The van der Waals surface area contributed by atoms with Crippen LogP contribution in [0.1, 0.15) is 30.9 Å². The Kier molecular flexibility index (Phi) is 6.92. The molecule has 0 heterocycles. The molecule has 5 nitrogen and oxygen atoms in total. The molecule has 0 spiro atoms. The maximum absolute atomic E-state index is 6.01. The van der Waals surface area contributed by atoms with Gasteiger partial charge in [-0.2, -0.15) is 0 Å². The topological polar surface area (TPSA) is 68.9 Å². The van der Waals surface area contributed by atoms with Crippen molar-refractivity contribution in [2.24, 2.45) is 10.7 Å². The fraction of sp³-hybridized carbons (Fsp3) is 0.286. The lowest BCUT2D eigenvalue weighted by Crippen LogP contribution is -2.22. The van der Waals surface area contributed by atoms with E-state index >= 15 is 0 Å². The Labute approximate surface area is 155 Å². The van der Waals surface area contributed by atoms with Crippen molar-refractivity contribution in [1.29, 1.82) is 0 Å². The van der Waals surface area contributed by atoms with Crippen LogP contribution in [0.3, 0.4) is 0 Å². The van der Waals surface area contributed by atoms with Crippen LogP contribution in [0.4, 0.5) is 5.69 Å². The van der Waals surface area contributed by atoms with E-state index in [9.17, 15) is 0 Å². The lowest BCUT2D eigenvalue weighted by Gasteiger charge is -2.11. The van der Waals surface area contributed by atoms with E-state index in [1.54, 1.807) is 7.11 Å². The third kappa shape index (κ3) is 5.45. The Morgan fingerprint density at radius 1 is 1.23 bits per heavy atom. The van der Waals surface area contributed by atoms with E-state index in [0.717, 1.165) is 11.3 Å². The number of anilines is 1. The minimum absolute atomic E-state index is 0.180. The molecule has 2 aromatic carbocycles. The molecule has 0 aliphatic heterocycles. The molecule has 2 aromatic rings. The van der Waals surface area contributed by atoms with Crippen LogP contribution in [0.2, 0.25) is 0 Å². The summed E-state index contributed by atoms with van der Waals surface area (Å²) in [6.07, 6.45) is 5.24. The summed E-state index contributed by atoms with van der Waals surface area (Å²) in [4.78, 5) is 4.39. The van der Waals surface area contributed by atoms with Crippen molar-refractivity contribution in [3.63, 3.8) is 0 Å². The van der Waals surface area contributed by atoms with Crippen molar-refractivity contribution >= 4 is 11.6 Å². The maximum atomic E-state index is 6.01. The maximum Gasteiger partial charge on any atom is 0.193 e. The van der Waals surface area contributed by atoms with Crippen LogP contribution < -0.4 is 20.5 Å². The van der Waals surface area contributed by atoms with Gasteiger partial charge < -0.3 is 20.5 Å². The molecule has 5 heteroatoms. The van der Waals surface area contributed by atoms with Gasteiger partial charge in [0.15, 0.2) is 17.5 Å². The van der Waals surface area contributed by atoms with Crippen molar-refractivity contribution in [3.8, 4) is 23.8 Å². The van der Waals surface area contributed by atoms with E-state index in [0.29, 0.717) is 29.9 Å². The minimum atomic E-state index is 0.180. The zero-order chi connectivity index (χ0) is 18.9. The van der Waals surface area contributed by atoms with Gasteiger partial charge in [0.25, 0.3) is 0 Å². The molecule has 136 valence electrons. The molecule has 0 saturated heterocycles. The SMILES string of the molecule is C#CCOc1cc(CN=C(N)Nc2cccc(C(C)C)c2)ccc1OC. The summed E-state index contributed by atoms with van der Waals surface area (Å²) in [6.45, 7) is 4.90. The smallest absolute Gasteiger partial charge is 0.193 e. The molecule has 0 unspecified atom stereocenters. The van der Waals surface area contributed by atoms with Crippen LogP contribution in [0.25, 0.3) is 0 Å². The molecule has 26 heavy (non-hydrogen) atoms. The lowest BCUT2D eigenvalue weighted by molar-refractivity contribution is 0.330. The average molecular weight is 351 g/mol. The molecule has 0 aromatic heterocycles. The third-order valence-corrected chi connectivity index (χ3v) is 3.80. The van der Waals surface area contributed by atoms with Gasteiger partial charge >= 0.3 is 0 Å². The zero-order valence-electron chi connectivity index (χ0n) is 15.5. The number of nitrogens with one attached hydrogen (secondary N) is 1. The number of ether oxygens (including phenoxy) is 2. The van der Waals surface area contributed by atoms with E-state index in [-0.39, 0.29) is 6.61 Å². The summed E-state index contributed by atoms with van der Waals surface area (Å²) in [5.74, 6) is 4.47. The summed E-state index contributed by atoms with van der Waals surface area (Å²) >= 11 is 0. The Bertz CT molecular complexity index is 807. The molecule has 0 fully saturated rings. The van der Waals surface area contributed by atoms with Crippen LogP contribution in [0.5, 0.6) is 11.5 Å². The first-order chi connectivity index (χ1) is 12.5. The van der Waals surface area contributed by atoms with Crippen LogP contribution in [-0.4, -0.2) is 19.7 Å². The summed E-state index contributed by atoms with van der Waals surface area (Å²) in [6, 6.07) is 13.7. The predicted octanol–water partition coefficient (Wildman–Crippen LogP) is 3.76. The normalized spacial score (nSPS) is 11.1. The second-order valence-corrected chi connectivity index (χ2v) is 6.08. The number of guanidine groups is 1. The summed E-state index contributed by atoms with van der Waals surface area (Å²) in [7, 11) is 1.59. The van der Waals surface area contributed by atoms with Gasteiger partial charge in [-0.05, 0) is 41.3 Å². The third-order valence-electron chi connectivity index (χ3n) is 3.80. The Morgan fingerprint density at radius 3 is 2.73 bits per heavy atom. The van der Waals surface area contributed by atoms with Gasteiger partial charge in [-0.15, -0.1) is 6.42 Å². The van der Waals surface area contributed by atoms with Crippen molar-refractivity contribution < 1.29 is 9.47 Å². The molecule has 3 N–H and O–H groups in total. The van der Waals surface area contributed by atoms with Crippen LogP contribution >= 0.6 is 0 Å². The summed E-state index contributed by atoms with van der Waals surface area (Å²) in [5, 5.41) is 3.12. The van der Waals surface area contributed by atoms with Crippen molar-refractivity contribution in [2.45, 2.75) is 26.3 Å². The molecule has 0 radical (unpaired) electrons. The highest BCUT2D eigenvalue weighted by Crippen LogP contribution is 2.28. The summed E-state index contributed by atoms with van der Waals surface area (Å²) < 4.78 is 10.8. The molecule has 0 amide bonds. The van der Waals surface area contributed by atoms with Gasteiger partial charge in [0.05, 0.1) is 13.7 Å². The Balaban J connectivity index is 2.06. The molecular weight excluding hydrogens is 326 g/mol. The van der Waals surface area contributed by atoms with E-state index in [2.05, 4.69) is 42.2 Å². The highest BCUT2D eigenvalue weighted by molar-refractivity contribution is 5.92. The first kappa shape index (κ1) is 19.2. The standard InChI is InChI=1S/C21H25N3O2/c1-5-11-26-20-12-16(9-10-19(20)25-4)14-23-21(22)24-18-8-6-7-17(13-18)15(2)3/h1,6-10,12-13,15H,11,14H2,2-4H3,(H3,22,23,24). The monoisotopic (exact) mass is 351 g/mol. The quantitative estimate of drug-likeness (QED) is 0.453. The number of rotatable bonds is 7. The van der Waals surface area contributed by atoms with E-state index in [1.165, 1.54) is 5.56 Å². The Morgan fingerprint density at radius 2 is 2.04 bits per heavy atom. The van der Waals surface area contributed by atoms with Crippen LogP contribution in [0.15, 0.2) is 47.5 Å². The van der Waals surface area contributed by atoms with Gasteiger partial charge in [-0.1, -0.05) is 38.0 Å². The second kappa shape index (κ2) is 9.38. The predicted molar refractivity (Wildman–Crippen MR) is 107 cm³/mol. The number of terminal acetylenes is 1. The van der Waals surface area contributed by atoms with Gasteiger partial charge in [-0.25, -0.2) is 4.99 Å². The fourth-order valence-electron chi connectivity index (χ4n) is 2.39. The molecule has 0 aliphatic carbocycles. The van der Waals surface area contributed by atoms with Crippen molar-refractivity contribution in [1.82, 2.24) is 0 Å². The highest BCUT2D eigenvalue weighted by Gasteiger charge is 2.06. The van der Waals surface area contributed by atoms with Crippen LogP contribution in [-0.2, 0) is 6.54 Å². The van der Waals surface area contributed by atoms with E-state index in [4.69, 9.17) is 21.6 Å². The number of hydrogen-bond donors (Lipinski definition) is 2. The first-order valence-corrected chi connectivity index (χ1v) is 8.43. The van der Waals surface area contributed by atoms with Crippen molar-refractivity contribution in [2.75, 3.05) is 19.0 Å². The second-order valence-electron chi connectivity index (χ2n) is 6.08. The van der Waals surface area contributed by atoms with Crippen LogP contribution in [0, 0.1) is 12.3 Å². The lowest BCUT2D eigenvalue weighted by atomic mass is 10.0. The molecule has 2 rings (SSSR count). The number of methoxy groups -OCH3 is 1. The largest absolute Gasteiger partial charge is 0.493 e. The van der Waals surface area contributed by atoms with Gasteiger partial charge in [0.1, 0.15) is 6.61 Å². The average Bonchev–Trinajstić information content (AvgIpc) is 2.65. The fourth-order valence-corrected chi connectivity index (χ4v) is 2.39. The van der Waals surface area contributed by atoms with Crippen molar-refractivity contribution in [3.05, 3.63) is 53.6 Å². The van der Waals surface area contributed by atoms with Gasteiger partial charge in [0.2, 0.25) is 0 Å². The molecular formula is C21H25N3O2. The number of benzene rings is 2. The van der Waals surface area contributed by atoms with Gasteiger partial charge in [0, 0.05) is 5.69 Å². The number of nitrogens with two attached hydrogens (primary N) is 1. The summed E-state index contributed by atoms with van der Waals surface area (Å²) in [5.41, 5.74) is 9.12. The number of hydrogen-bond acceptors (Lipinski definition) is 3. The Hall–Kier alpha value is -3.13. The van der Waals surface area contributed by atoms with E-state index < -0.39 is 0 Å². The highest BCUT2D eigenvalue weighted by atomic mass is 16.5. The number of nitrogens with zero attached hydrogens (tertiary/aromatic N) is 1. The van der Waals surface area contributed by atoms with Gasteiger partial charge in [-0.3, -0.25) is 0 Å². The molecule has 0 saturated carbocycles. The molecule has 0 bridgehead atoms. The molecule has 0 aliphatic rings. The van der Waals surface area contributed by atoms with E-state index in [1.807, 2.05) is 30.3 Å². The zero-order valence-corrected chi connectivity index (χ0v) is 15.5. The number of aliphatic imine (C=N–C) groups is 1. The minimum Gasteiger partial charge on any atom is -0.493 e. The first-order valence-electron chi connectivity index (χ1n) is 8.43.